The Labute approximate surface area is 170 Å². The van der Waals surface area contributed by atoms with Gasteiger partial charge in [-0.3, -0.25) is 4.79 Å². The Morgan fingerprint density at radius 2 is 1.86 bits per heavy atom. The fraction of sp³-hybridized carbons (Fsp3) is 0.150. The van der Waals surface area contributed by atoms with Gasteiger partial charge < -0.3 is 10.6 Å². The number of rotatable bonds is 5. The van der Waals surface area contributed by atoms with Gasteiger partial charge in [-0.05, 0) is 30.7 Å². The van der Waals surface area contributed by atoms with Crippen molar-refractivity contribution in [3.63, 3.8) is 0 Å². The lowest BCUT2D eigenvalue weighted by atomic mass is 10.1. The highest BCUT2D eigenvalue weighted by molar-refractivity contribution is 6.30. The fourth-order valence-corrected chi connectivity index (χ4v) is 2.69. The molecule has 0 atom stereocenters. The highest BCUT2D eigenvalue weighted by Crippen LogP contribution is 2.31. The first-order valence-corrected chi connectivity index (χ1v) is 8.91. The second-order valence-electron chi connectivity index (χ2n) is 6.26. The second kappa shape index (κ2) is 8.48. The summed E-state index contributed by atoms with van der Waals surface area (Å²) in [7, 11) is 0. The average Bonchev–Trinajstić information content (AvgIpc) is 2.66. The van der Waals surface area contributed by atoms with E-state index in [1.165, 1.54) is 6.07 Å². The van der Waals surface area contributed by atoms with Gasteiger partial charge in [0.15, 0.2) is 5.69 Å². The normalized spacial score (nSPS) is 11.2. The number of alkyl halides is 3. The van der Waals surface area contributed by atoms with Crippen molar-refractivity contribution < 1.29 is 18.0 Å². The molecule has 3 aromatic rings. The summed E-state index contributed by atoms with van der Waals surface area (Å²) in [6.07, 6.45) is -3.97. The summed E-state index contributed by atoms with van der Waals surface area (Å²) >= 11 is 5.86. The third-order valence-corrected chi connectivity index (χ3v) is 4.19. The Morgan fingerprint density at radius 1 is 1.14 bits per heavy atom. The van der Waals surface area contributed by atoms with Crippen molar-refractivity contribution in [3.8, 4) is 0 Å². The number of hydrogen-bond acceptors (Lipinski definition) is 4. The van der Waals surface area contributed by atoms with Crippen LogP contribution in [0.5, 0.6) is 0 Å². The molecule has 1 amide bonds. The van der Waals surface area contributed by atoms with Crippen molar-refractivity contribution in [3.05, 3.63) is 82.1 Å². The van der Waals surface area contributed by atoms with Crippen molar-refractivity contribution in [2.45, 2.75) is 19.6 Å². The monoisotopic (exact) mass is 420 g/mol. The van der Waals surface area contributed by atoms with Crippen molar-refractivity contribution in [2.24, 2.45) is 0 Å². The van der Waals surface area contributed by atoms with E-state index >= 15 is 0 Å². The van der Waals surface area contributed by atoms with Crippen LogP contribution in [0.3, 0.4) is 0 Å². The predicted octanol–water partition coefficient (Wildman–Crippen LogP) is 5.13. The van der Waals surface area contributed by atoms with E-state index in [2.05, 4.69) is 20.6 Å². The Kier molecular flexibility index (Phi) is 6.03. The zero-order valence-corrected chi connectivity index (χ0v) is 16.0. The topological polar surface area (TPSA) is 66.9 Å². The molecule has 0 fully saturated rings. The van der Waals surface area contributed by atoms with E-state index in [1.807, 2.05) is 19.1 Å². The summed E-state index contributed by atoms with van der Waals surface area (Å²) in [6, 6.07) is 13.6. The Morgan fingerprint density at radius 3 is 2.52 bits per heavy atom. The molecular weight excluding hydrogens is 405 g/mol. The van der Waals surface area contributed by atoms with Crippen LogP contribution in [0.15, 0.2) is 54.7 Å². The zero-order chi connectivity index (χ0) is 21.0. The maximum atomic E-state index is 13.5. The Balaban J connectivity index is 1.81. The number of benzene rings is 2. The minimum atomic E-state index is -4.83. The molecule has 0 aliphatic rings. The minimum Gasteiger partial charge on any atom is -0.348 e. The van der Waals surface area contributed by atoms with Gasteiger partial charge in [-0.25, -0.2) is 9.97 Å². The van der Waals surface area contributed by atoms with E-state index in [9.17, 15) is 18.0 Å². The lowest BCUT2D eigenvalue weighted by molar-refractivity contribution is -0.141. The highest BCUT2D eigenvalue weighted by Gasteiger charge is 2.38. The van der Waals surface area contributed by atoms with E-state index in [0.717, 1.165) is 17.3 Å². The standard InChI is InChI=1S/C20H16ClF3N4O/c1-12-5-7-13(8-6-12)10-25-18(29)16-11-26-19(28-17(16)20(22,23)24)27-15-4-2-3-14(21)9-15/h2-9,11H,10H2,1H3,(H,25,29)(H,26,27,28). The van der Waals surface area contributed by atoms with Crippen LogP contribution in [-0.2, 0) is 12.7 Å². The van der Waals surface area contributed by atoms with Gasteiger partial charge in [0.2, 0.25) is 5.95 Å². The number of hydrogen-bond donors (Lipinski definition) is 2. The number of nitrogens with zero attached hydrogens (tertiary/aromatic N) is 2. The van der Waals surface area contributed by atoms with Gasteiger partial charge in [0.05, 0.1) is 5.56 Å². The smallest absolute Gasteiger partial charge is 0.348 e. The van der Waals surface area contributed by atoms with Gasteiger partial charge in [-0.1, -0.05) is 47.5 Å². The Hall–Kier alpha value is -3.13. The molecule has 3 rings (SSSR count). The maximum absolute atomic E-state index is 13.5. The first-order valence-electron chi connectivity index (χ1n) is 8.53. The van der Waals surface area contributed by atoms with Gasteiger partial charge in [-0.2, -0.15) is 13.2 Å². The number of anilines is 2. The summed E-state index contributed by atoms with van der Waals surface area (Å²) in [5, 5.41) is 5.52. The molecule has 150 valence electrons. The number of halogens is 4. The van der Waals surface area contributed by atoms with Crippen LogP contribution in [0.4, 0.5) is 24.8 Å². The van der Waals surface area contributed by atoms with E-state index in [-0.39, 0.29) is 12.5 Å². The molecule has 1 heterocycles. The fourth-order valence-electron chi connectivity index (χ4n) is 2.50. The molecule has 0 aliphatic carbocycles. The molecule has 2 aromatic carbocycles. The van der Waals surface area contributed by atoms with Crippen LogP contribution in [0.1, 0.15) is 27.2 Å². The summed E-state index contributed by atoms with van der Waals surface area (Å²) in [5.41, 5.74) is 0.246. The van der Waals surface area contributed by atoms with Gasteiger partial charge >= 0.3 is 6.18 Å². The van der Waals surface area contributed by atoms with E-state index < -0.39 is 23.3 Å². The summed E-state index contributed by atoms with van der Waals surface area (Å²) in [4.78, 5) is 19.7. The maximum Gasteiger partial charge on any atom is 0.434 e. The van der Waals surface area contributed by atoms with E-state index in [1.54, 1.807) is 30.3 Å². The van der Waals surface area contributed by atoms with E-state index in [0.29, 0.717) is 10.7 Å². The van der Waals surface area contributed by atoms with Crippen molar-refractivity contribution in [1.29, 1.82) is 0 Å². The number of aromatic nitrogens is 2. The molecule has 0 radical (unpaired) electrons. The van der Waals surface area contributed by atoms with Crippen molar-refractivity contribution in [2.75, 3.05) is 5.32 Å². The van der Waals surface area contributed by atoms with Crippen LogP contribution in [0.25, 0.3) is 0 Å². The highest BCUT2D eigenvalue weighted by atomic mass is 35.5. The average molecular weight is 421 g/mol. The number of carbonyl (C=O) groups is 1. The van der Waals surface area contributed by atoms with Crippen LogP contribution in [-0.4, -0.2) is 15.9 Å². The van der Waals surface area contributed by atoms with Crippen LogP contribution in [0, 0.1) is 6.92 Å². The molecule has 2 N–H and O–H groups in total. The third-order valence-electron chi connectivity index (χ3n) is 3.96. The van der Waals surface area contributed by atoms with Crippen LogP contribution < -0.4 is 10.6 Å². The minimum absolute atomic E-state index is 0.0823. The number of aryl methyl sites for hydroxylation is 1. The van der Waals surface area contributed by atoms with Gasteiger partial charge in [0, 0.05) is 23.5 Å². The molecule has 0 saturated heterocycles. The molecule has 0 spiro atoms. The largest absolute Gasteiger partial charge is 0.434 e. The molecule has 0 aliphatic heterocycles. The Bertz CT molecular complexity index is 1020. The SMILES string of the molecule is Cc1ccc(CNC(=O)c2cnc(Nc3cccc(Cl)c3)nc2C(F)(F)F)cc1. The van der Waals surface area contributed by atoms with Crippen molar-refractivity contribution in [1.82, 2.24) is 15.3 Å². The molecule has 9 heteroatoms. The first kappa shape index (κ1) is 20.6. The summed E-state index contributed by atoms with van der Waals surface area (Å²) < 4.78 is 40.4. The van der Waals surface area contributed by atoms with Crippen LogP contribution in [0.2, 0.25) is 5.02 Å². The number of nitrogens with one attached hydrogen (secondary N) is 2. The van der Waals surface area contributed by atoms with Crippen molar-refractivity contribution >= 4 is 29.1 Å². The molecule has 0 saturated carbocycles. The quantitative estimate of drug-likeness (QED) is 0.600. The van der Waals surface area contributed by atoms with Gasteiger partial charge in [-0.15, -0.1) is 0 Å². The number of carbonyl (C=O) groups excluding carboxylic acids is 1. The molecular formula is C20H16ClF3N4O. The third kappa shape index (κ3) is 5.45. The molecule has 0 unspecified atom stereocenters. The zero-order valence-electron chi connectivity index (χ0n) is 15.2. The second-order valence-corrected chi connectivity index (χ2v) is 6.69. The summed E-state index contributed by atoms with van der Waals surface area (Å²) in [5.74, 6) is -1.21. The lowest BCUT2D eigenvalue weighted by Gasteiger charge is -2.14. The molecule has 5 nitrogen and oxygen atoms in total. The first-order chi connectivity index (χ1) is 13.7. The summed E-state index contributed by atoms with van der Waals surface area (Å²) in [6.45, 7) is 1.99. The lowest BCUT2D eigenvalue weighted by Crippen LogP contribution is -2.27. The van der Waals surface area contributed by atoms with Crippen LogP contribution >= 0.6 is 11.6 Å². The molecule has 0 bridgehead atoms. The predicted molar refractivity (Wildman–Crippen MR) is 104 cm³/mol. The number of amides is 1. The molecule has 29 heavy (non-hydrogen) atoms. The molecule has 1 aromatic heterocycles. The van der Waals surface area contributed by atoms with Gasteiger partial charge in [0.25, 0.3) is 5.91 Å². The van der Waals surface area contributed by atoms with E-state index in [4.69, 9.17) is 11.6 Å². The van der Waals surface area contributed by atoms with Gasteiger partial charge in [0.1, 0.15) is 0 Å².